The molecule has 1 aliphatic rings. The first-order chi connectivity index (χ1) is 7.78. The van der Waals surface area contributed by atoms with Gasteiger partial charge in [0.1, 0.15) is 11.6 Å². The van der Waals surface area contributed by atoms with E-state index in [0.717, 1.165) is 12.8 Å². The highest BCUT2D eigenvalue weighted by atomic mass is 16.2. The Hall–Kier alpha value is -1.72. The van der Waals surface area contributed by atoms with Gasteiger partial charge in [0.2, 0.25) is 0 Å². The average molecular weight is 225 g/mol. The third-order valence-electron chi connectivity index (χ3n) is 1.99. The van der Waals surface area contributed by atoms with Crippen LogP contribution >= 0.6 is 0 Å². The van der Waals surface area contributed by atoms with Crippen LogP contribution in [-0.2, 0) is 0 Å². The number of nitrogens with one attached hydrogen (secondary N) is 4. The van der Waals surface area contributed by atoms with Gasteiger partial charge in [-0.2, -0.15) is 5.10 Å². The van der Waals surface area contributed by atoms with Gasteiger partial charge in [0, 0.05) is 19.2 Å². The van der Waals surface area contributed by atoms with Crippen LogP contribution in [0.25, 0.3) is 0 Å². The third kappa shape index (κ3) is 3.80. The summed E-state index contributed by atoms with van der Waals surface area (Å²) in [4.78, 5) is 11.3. The Bertz CT molecular complexity index is 332. The molecule has 1 fully saturated rings. The lowest BCUT2D eigenvalue weighted by molar-refractivity contribution is 0.251. The Labute approximate surface area is 95.2 Å². The Kier molecular flexibility index (Phi) is 4.63. The van der Waals surface area contributed by atoms with Crippen molar-refractivity contribution in [2.45, 2.75) is 32.7 Å². The Morgan fingerprint density at radius 3 is 2.69 bits per heavy atom. The Balaban J connectivity index is 0.000000606. The van der Waals surface area contributed by atoms with Gasteiger partial charge >= 0.3 is 6.03 Å². The van der Waals surface area contributed by atoms with Gasteiger partial charge in [-0.3, -0.25) is 10.4 Å². The van der Waals surface area contributed by atoms with Crippen LogP contribution in [0.4, 0.5) is 16.4 Å². The summed E-state index contributed by atoms with van der Waals surface area (Å²) in [7, 11) is 1.77. The van der Waals surface area contributed by atoms with Crippen molar-refractivity contribution in [3.63, 3.8) is 0 Å². The lowest BCUT2D eigenvalue weighted by atomic mass is 10.5. The summed E-state index contributed by atoms with van der Waals surface area (Å²) in [6, 6.07) is 1.91. The van der Waals surface area contributed by atoms with Gasteiger partial charge < -0.3 is 10.6 Å². The predicted molar refractivity (Wildman–Crippen MR) is 64.7 cm³/mol. The normalized spacial score (nSPS) is 13.4. The van der Waals surface area contributed by atoms with E-state index in [-0.39, 0.29) is 6.03 Å². The molecular weight excluding hydrogens is 206 g/mol. The zero-order valence-electron chi connectivity index (χ0n) is 9.92. The van der Waals surface area contributed by atoms with Crippen LogP contribution in [0, 0.1) is 0 Å². The second kappa shape index (κ2) is 5.99. The molecule has 0 bridgehead atoms. The molecule has 1 aromatic heterocycles. The first-order valence-corrected chi connectivity index (χ1v) is 5.58. The van der Waals surface area contributed by atoms with Crippen molar-refractivity contribution in [1.82, 2.24) is 15.5 Å². The molecule has 90 valence electrons. The van der Waals surface area contributed by atoms with Crippen molar-refractivity contribution in [3.05, 3.63) is 6.07 Å². The summed E-state index contributed by atoms with van der Waals surface area (Å²) in [6.45, 7) is 4.00. The first kappa shape index (κ1) is 12.4. The summed E-state index contributed by atoms with van der Waals surface area (Å²) in [5.74, 6) is 1.29. The smallest absolute Gasteiger partial charge is 0.320 e. The van der Waals surface area contributed by atoms with Crippen molar-refractivity contribution in [2.75, 3.05) is 17.7 Å². The molecule has 2 amide bonds. The summed E-state index contributed by atoms with van der Waals surface area (Å²) < 4.78 is 0. The second-order valence-electron chi connectivity index (χ2n) is 3.29. The van der Waals surface area contributed by atoms with Gasteiger partial charge in [0.05, 0.1) is 0 Å². The molecule has 0 radical (unpaired) electrons. The van der Waals surface area contributed by atoms with Gasteiger partial charge in [-0.15, -0.1) is 0 Å². The molecule has 16 heavy (non-hydrogen) atoms. The molecule has 6 heteroatoms. The Morgan fingerprint density at radius 1 is 1.50 bits per heavy atom. The molecule has 4 N–H and O–H groups in total. The van der Waals surface area contributed by atoms with E-state index in [1.165, 1.54) is 0 Å². The van der Waals surface area contributed by atoms with Crippen molar-refractivity contribution < 1.29 is 4.79 Å². The standard InChI is InChI=1S/C8H13N5O.C2H6/c1-9-6-4-7(13-12-6)11-8(14)10-5-2-3-5;1-2/h4-5H,2-3H2,1H3,(H4,9,10,11,12,13,14);1-2H3. The Morgan fingerprint density at radius 2 is 2.19 bits per heavy atom. The van der Waals surface area contributed by atoms with E-state index in [4.69, 9.17) is 0 Å². The van der Waals surface area contributed by atoms with Gasteiger partial charge in [-0.1, -0.05) is 13.8 Å². The molecule has 1 aromatic rings. The molecule has 0 atom stereocenters. The molecule has 1 heterocycles. The lowest BCUT2D eigenvalue weighted by Gasteiger charge is -2.02. The molecule has 6 nitrogen and oxygen atoms in total. The highest BCUT2D eigenvalue weighted by molar-refractivity contribution is 5.88. The highest BCUT2D eigenvalue weighted by Gasteiger charge is 2.23. The maximum absolute atomic E-state index is 11.3. The van der Waals surface area contributed by atoms with Crippen LogP contribution in [0.3, 0.4) is 0 Å². The number of nitrogens with zero attached hydrogens (tertiary/aromatic N) is 1. The number of hydrogen-bond acceptors (Lipinski definition) is 3. The van der Waals surface area contributed by atoms with Crippen LogP contribution in [0.15, 0.2) is 6.07 Å². The van der Waals surface area contributed by atoms with Crippen LogP contribution in [-0.4, -0.2) is 29.3 Å². The topological polar surface area (TPSA) is 81.8 Å². The fourth-order valence-corrected chi connectivity index (χ4v) is 1.09. The van der Waals surface area contributed by atoms with E-state index >= 15 is 0 Å². The third-order valence-corrected chi connectivity index (χ3v) is 1.99. The summed E-state index contributed by atoms with van der Waals surface area (Å²) >= 11 is 0. The number of aromatic amines is 1. The molecule has 0 unspecified atom stereocenters. The molecule has 0 spiro atoms. The van der Waals surface area contributed by atoms with Crippen LogP contribution in [0.1, 0.15) is 26.7 Å². The van der Waals surface area contributed by atoms with E-state index in [0.29, 0.717) is 17.7 Å². The number of H-pyrrole nitrogens is 1. The molecule has 1 saturated carbocycles. The number of urea groups is 1. The number of hydrogen-bond donors (Lipinski definition) is 4. The predicted octanol–water partition coefficient (Wildman–Crippen LogP) is 1.76. The zero-order chi connectivity index (χ0) is 12.0. The lowest BCUT2D eigenvalue weighted by Crippen LogP contribution is -2.30. The molecule has 1 aliphatic carbocycles. The molecule has 0 aliphatic heterocycles. The number of rotatable bonds is 3. The maximum Gasteiger partial charge on any atom is 0.320 e. The number of anilines is 2. The van der Waals surface area contributed by atoms with Crippen molar-refractivity contribution >= 4 is 17.7 Å². The molecular formula is C10H19N5O. The molecule has 2 rings (SSSR count). The highest BCUT2D eigenvalue weighted by Crippen LogP contribution is 2.18. The van der Waals surface area contributed by atoms with Crippen molar-refractivity contribution in [3.8, 4) is 0 Å². The maximum atomic E-state index is 11.3. The summed E-state index contributed by atoms with van der Waals surface area (Å²) in [5.41, 5.74) is 0. The van der Waals surface area contributed by atoms with Crippen LogP contribution in [0.5, 0.6) is 0 Å². The second-order valence-corrected chi connectivity index (χ2v) is 3.29. The zero-order valence-corrected chi connectivity index (χ0v) is 9.92. The van der Waals surface area contributed by atoms with E-state index in [1.807, 2.05) is 13.8 Å². The van der Waals surface area contributed by atoms with Gasteiger partial charge in [-0.05, 0) is 12.8 Å². The number of carbonyl (C=O) groups is 1. The minimum absolute atomic E-state index is 0.182. The van der Waals surface area contributed by atoms with E-state index in [1.54, 1.807) is 13.1 Å². The number of carbonyl (C=O) groups excluding carboxylic acids is 1. The quantitative estimate of drug-likeness (QED) is 0.632. The van der Waals surface area contributed by atoms with Crippen LogP contribution < -0.4 is 16.0 Å². The van der Waals surface area contributed by atoms with Gasteiger partial charge in [0.15, 0.2) is 0 Å². The van der Waals surface area contributed by atoms with Crippen molar-refractivity contribution in [1.29, 1.82) is 0 Å². The monoisotopic (exact) mass is 225 g/mol. The number of aromatic nitrogens is 2. The summed E-state index contributed by atoms with van der Waals surface area (Å²) in [5, 5.41) is 14.9. The van der Waals surface area contributed by atoms with Gasteiger partial charge in [0.25, 0.3) is 0 Å². The SMILES string of the molecule is CC.CNc1cc(NC(=O)NC2CC2)[nH]n1. The summed E-state index contributed by atoms with van der Waals surface area (Å²) in [6.07, 6.45) is 2.16. The molecule has 0 saturated heterocycles. The minimum atomic E-state index is -0.182. The van der Waals surface area contributed by atoms with E-state index < -0.39 is 0 Å². The van der Waals surface area contributed by atoms with E-state index in [2.05, 4.69) is 26.1 Å². The fraction of sp³-hybridized carbons (Fsp3) is 0.600. The average Bonchev–Trinajstić information content (AvgIpc) is 2.98. The fourth-order valence-electron chi connectivity index (χ4n) is 1.09. The van der Waals surface area contributed by atoms with Gasteiger partial charge in [-0.25, -0.2) is 4.79 Å². The number of amides is 2. The van der Waals surface area contributed by atoms with Crippen molar-refractivity contribution in [2.24, 2.45) is 0 Å². The molecule has 0 aromatic carbocycles. The largest absolute Gasteiger partial charge is 0.372 e. The van der Waals surface area contributed by atoms with Crippen LogP contribution in [0.2, 0.25) is 0 Å². The first-order valence-electron chi connectivity index (χ1n) is 5.58. The minimum Gasteiger partial charge on any atom is -0.372 e. The van der Waals surface area contributed by atoms with E-state index in [9.17, 15) is 4.79 Å².